The molecule has 18 heavy (non-hydrogen) atoms. The Bertz CT molecular complexity index is 607. The lowest BCUT2D eigenvalue weighted by Gasteiger charge is -2.06. The standard InChI is InChI=1S/C12H12N4O2/c1-16-8-7-10(15-12(16)18)14-11(17)13-9-5-3-2-4-6-9/h2-8H,1H3,(H2,13,14,15,17,18). The van der Waals surface area contributed by atoms with Gasteiger partial charge >= 0.3 is 11.7 Å². The molecule has 92 valence electrons. The summed E-state index contributed by atoms with van der Waals surface area (Å²) in [5, 5.41) is 5.11. The fraction of sp³-hybridized carbons (Fsp3) is 0.0833. The minimum atomic E-state index is -0.443. The lowest BCUT2D eigenvalue weighted by atomic mass is 10.3. The molecule has 0 radical (unpaired) electrons. The van der Waals surface area contributed by atoms with Crippen LogP contribution >= 0.6 is 0 Å². The molecule has 0 bridgehead atoms. The summed E-state index contributed by atoms with van der Waals surface area (Å²) in [4.78, 5) is 26.6. The molecule has 1 aromatic heterocycles. The van der Waals surface area contributed by atoms with Crippen LogP contribution in [0.1, 0.15) is 0 Å². The minimum Gasteiger partial charge on any atom is -0.308 e. The largest absolute Gasteiger partial charge is 0.349 e. The molecule has 2 rings (SSSR count). The molecule has 1 heterocycles. The van der Waals surface area contributed by atoms with E-state index in [1.54, 1.807) is 25.2 Å². The van der Waals surface area contributed by atoms with Gasteiger partial charge in [-0.1, -0.05) is 18.2 Å². The van der Waals surface area contributed by atoms with Gasteiger partial charge in [-0.2, -0.15) is 4.98 Å². The highest BCUT2D eigenvalue weighted by Gasteiger charge is 2.03. The number of hydrogen-bond donors (Lipinski definition) is 2. The minimum absolute atomic E-state index is 0.214. The summed E-state index contributed by atoms with van der Waals surface area (Å²) in [5.74, 6) is 0.214. The molecule has 0 aliphatic heterocycles. The van der Waals surface area contributed by atoms with E-state index in [9.17, 15) is 9.59 Å². The lowest BCUT2D eigenvalue weighted by Crippen LogP contribution is -2.25. The first-order valence-corrected chi connectivity index (χ1v) is 5.32. The molecule has 0 saturated carbocycles. The Morgan fingerprint density at radius 3 is 2.56 bits per heavy atom. The average Bonchev–Trinajstić information content (AvgIpc) is 2.35. The topological polar surface area (TPSA) is 76.0 Å². The zero-order chi connectivity index (χ0) is 13.0. The van der Waals surface area contributed by atoms with E-state index in [2.05, 4.69) is 15.6 Å². The van der Waals surface area contributed by atoms with Gasteiger partial charge in [0.05, 0.1) is 0 Å². The third kappa shape index (κ3) is 2.94. The second-order valence-corrected chi connectivity index (χ2v) is 3.65. The number of hydrogen-bond acceptors (Lipinski definition) is 3. The molecule has 0 aliphatic rings. The van der Waals surface area contributed by atoms with Crippen molar-refractivity contribution in [2.75, 3.05) is 10.6 Å². The van der Waals surface area contributed by atoms with Crippen LogP contribution in [-0.2, 0) is 7.05 Å². The molecule has 6 heteroatoms. The fourth-order valence-electron chi connectivity index (χ4n) is 1.34. The van der Waals surface area contributed by atoms with Crippen LogP contribution in [0.5, 0.6) is 0 Å². The summed E-state index contributed by atoms with van der Waals surface area (Å²) >= 11 is 0. The van der Waals surface area contributed by atoms with Gasteiger partial charge in [0.15, 0.2) is 0 Å². The quantitative estimate of drug-likeness (QED) is 0.838. The van der Waals surface area contributed by atoms with Gasteiger partial charge in [-0.05, 0) is 18.2 Å². The van der Waals surface area contributed by atoms with E-state index in [0.717, 1.165) is 0 Å². The van der Waals surface area contributed by atoms with E-state index in [0.29, 0.717) is 5.69 Å². The first kappa shape index (κ1) is 11.8. The van der Waals surface area contributed by atoms with Crippen LogP contribution in [0.2, 0.25) is 0 Å². The Morgan fingerprint density at radius 1 is 1.17 bits per heavy atom. The number of para-hydroxylation sites is 1. The zero-order valence-electron chi connectivity index (χ0n) is 9.75. The number of carbonyl (C=O) groups is 1. The van der Waals surface area contributed by atoms with Crippen molar-refractivity contribution < 1.29 is 4.79 Å². The van der Waals surface area contributed by atoms with Gasteiger partial charge in [-0.15, -0.1) is 0 Å². The molecule has 0 spiro atoms. The second-order valence-electron chi connectivity index (χ2n) is 3.65. The predicted molar refractivity (Wildman–Crippen MR) is 68.6 cm³/mol. The number of nitrogens with zero attached hydrogens (tertiary/aromatic N) is 2. The van der Waals surface area contributed by atoms with Crippen LogP contribution in [0.3, 0.4) is 0 Å². The second kappa shape index (κ2) is 5.13. The number of rotatable bonds is 2. The van der Waals surface area contributed by atoms with Crippen LogP contribution in [0.25, 0.3) is 0 Å². The molecule has 0 atom stereocenters. The lowest BCUT2D eigenvalue weighted by molar-refractivity contribution is 0.262. The first-order valence-electron chi connectivity index (χ1n) is 5.32. The van der Waals surface area contributed by atoms with Crippen LogP contribution in [0.15, 0.2) is 47.4 Å². The van der Waals surface area contributed by atoms with Gasteiger partial charge in [0.1, 0.15) is 5.82 Å². The SMILES string of the molecule is Cn1ccc(NC(=O)Nc2ccccc2)nc1=O. The number of carbonyl (C=O) groups excluding carboxylic acids is 1. The van der Waals surface area contributed by atoms with Crippen LogP contribution in [-0.4, -0.2) is 15.6 Å². The Kier molecular flexibility index (Phi) is 3.38. The number of nitrogens with one attached hydrogen (secondary N) is 2. The number of aromatic nitrogens is 2. The Balaban J connectivity index is 2.03. The zero-order valence-corrected chi connectivity index (χ0v) is 9.75. The monoisotopic (exact) mass is 244 g/mol. The molecule has 1 aromatic carbocycles. The van der Waals surface area contributed by atoms with Crippen molar-refractivity contribution in [2.24, 2.45) is 7.05 Å². The summed E-state index contributed by atoms with van der Waals surface area (Å²) < 4.78 is 1.32. The normalized spacial score (nSPS) is 9.83. The highest BCUT2D eigenvalue weighted by Crippen LogP contribution is 2.06. The maximum atomic E-state index is 11.6. The molecular formula is C12H12N4O2. The highest BCUT2D eigenvalue weighted by atomic mass is 16.2. The van der Waals surface area contributed by atoms with Gasteiger partial charge in [-0.3, -0.25) is 5.32 Å². The average molecular weight is 244 g/mol. The molecule has 2 amide bonds. The van der Waals surface area contributed by atoms with Gasteiger partial charge in [0, 0.05) is 18.9 Å². The van der Waals surface area contributed by atoms with Crippen molar-refractivity contribution in [1.82, 2.24) is 9.55 Å². The van der Waals surface area contributed by atoms with E-state index in [4.69, 9.17) is 0 Å². The number of urea groups is 1. The third-order valence-electron chi connectivity index (χ3n) is 2.25. The van der Waals surface area contributed by atoms with Crippen molar-refractivity contribution in [3.05, 3.63) is 53.1 Å². The Labute approximate surface area is 103 Å². The summed E-state index contributed by atoms with van der Waals surface area (Å²) in [6.45, 7) is 0. The number of amides is 2. The van der Waals surface area contributed by atoms with Crippen molar-refractivity contribution in [1.29, 1.82) is 0 Å². The van der Waals surface area contributed by atoms with Gasteiger partial charge in [0.25, 0.3) is 0 Å². The predicted octanol–water partition coefficient (Wildman–Crippen LogP) is 1.42. The Morgan fingerprint density at radius 2 is 1.89 bits per heavy atom. The first-order chi connectivity index (χ1) is 8.65. The Hall–Kier alpha value is -2.63. The molecule has 0 saturated heterocycles. The molecule has 0 fully saturated rings. The van der Waals surface area contributed by atoms with Crippen LogP contribution in [0.4, 0.5) is 16.3 Å². The molecular weight excluding hydrogens is 232 g/mol. The van der Waals surface area contributed by atoms with Gasteiger partial charge < -0.3 is 9.88 Å². The summed E-state index contributed by atoms with van der Waals surface area (Å²) in [7, 11) is 1.59. The van der Waals surface area contributed by atoms with E-state index >= 15 is 0 Å². The van der Waals surface area contributed by atoms with Crippen molar-refractivity contribution in [3.8, 4) is 0 Å². The van der Waals surface area contributed by atoms with E-state index < -0.39 is 11.7 Å². The number of benzene rings is 1. The van der Waals surface area contributed by atoms with E-state index in [1.165, 1.54) is 10.8 Å². The fourth-order valence-corrected chi connectivity index (χ4v) is 1.34. The van der Waals surface area contributed by atoms with Gasteiger partial charge in [0.2, 0.25) is 0 Å². The maximum Gasteiger partial charge on any atom is 0.349 e. The summed E-state index contributed by atoms with van der Waals surface area (Å²) in [5.41, 5.74) is 0.242. The molecule has 2 N–H and O–H groups in total. The molecule has 0 unspecified atom stereocenters. The molecule has 0 aliphatic carbocycles. The highest BCUT2D eigenvalue weighted by molar-refractivity contribution is 5.99. The maximum absolute atomic E-state index is 11.6. The van der Waals surface area contributed by atoms with E-state index in [1.807, 2.05) is 18.2 Å². The van der Waals surface area contributed by atoms with E-state index in [-0.39, 0.29) is 5.82 Å². The smallest absolute Gasteiger partial charge is 0.308 e. The van der Waals surface area contributed by atoms with Crippen LogP contribution in [0, 0.1) is 0 Å². The van der Waals surface area contributed by atoms with Crippen molar-refractivity contribution in [2.45, 2.75) is 0 Å². The third-order valence-corrected chi connectivity index (χ3v) is 2.25. The van der Waals surface area contributed by atoms with Crippen LogP contribution < -0.4 is 16.3 Å². The summed E-state index contributed by atoms with van der Waals surface area (Å²) in [6.07, 6.45) is 1.54. The number of anilines is 2. The number of aryl methyl sites for hydroxylation is 1. The molecule has 2 aromatic rings. The molecule has 6 nitrogen and oxygen atoms in total. The summed E-state index contributed by atoms with van der Waals surface area (Å²) in [6, 6.07) is 10.1. The van der Waals surface area contributed by atoms with Crippen molar-refractivity contribution in [3.63, 3.8) is 0 Å². The van der Waals surface area contributed by atoms with Gasteiger partial charge in [-0.25, -0.2) is 9.59 Å². The van der Waals surface area contributed by atoms with Crippen molar-refractivity contribution >= 4 is 17.5 Å².